The van der Waals surface area contributed by atoms with Gasteiger partial charge in [-0.25, -0.2) is 14.6 Å². The Bertz CT molecular complexity index is 1200. The molecule has 1 saturated heterocycles. The Morgan fingerprint density at radius 3 is 2.50 bits per heavy atom. The van der Waals surface area contributed by atoms with Crippen molar-refractivity contribution >= 4 is 16.9 Å². The molecule has 2 aromatic heterocycles. The SMILES string of the molecule is Nc1ncnc2c1c(-c1ccc(Oc3ccccc3)cc1)nn2[C@@H]1C[C@@H]2C[C@H]1CN2. The van der Waals surface area contributed by atoms with Crippen molar-refractivity contribution in [3.63, 3.8) is 0 Å². The molecule has 1 saturated carbocycles. The van der Waals surface area contributed by atoms with E-state index < -0.39 is 0 Å². The highest BCUT2D eigenvalue weighted by molar-refractivity contribution is 5.98. The Balaban J connectivity index is 1.39. The summed E-state index contributed by atoms with van der Waals surface area (Å²) in [5.41, 5.74) is 8.89. The summed E-state index contributed by atoms with van der Waals surface area (Å²) in [5, 5.41) is 9.39. The average molecular weight is 398 g/mol. The highest BCUT2D eigenvalue weighted by Crippen LogP contribution is 2.42. The molecule has 7 nitrogen and oxygen atoms in total. The van der Waals surface area contributed by atoms with Gasteiger partial charge < -0.3 is 15.8 Å². The lowest BCUT2D eigenvalue weighted by Gasteiger charge is -2.23. The van der Waals surface area contributed by atoms with E-state index in [1.165, 1.54) is 12.7 Å². The highest BCUT2D eigenvalue weighted by Gasteiger charge is 2.42. The predicted octanol–water partition coefficient (Wildman–Crippen LogP) is 3.79. The number of rotatable bonds is 4. The smallest absolute Gasteiger partial charge is 0.164 e. The summed E-state index contributed by atoms with van der Waals surface area (Å²) in [4.78, 5) is 8.79. The molecule has 4 aromatic rings. The second kappa shape index (κ2) is 6.81. The maximum absolute atomic E-state index is 6.27. The Morgan fingerprint density at radius 2 is 1.77 bits per heavy atom. The van der Waals surface area contributed by atoms with E-state index in [1.807, 2.05) is 54.6 Å². The molecule has 0 radical (unpaired) electrons. The molecule has 6 rings (SSSR count). The molecule has 150 valence electrons. The van der Waals surface area contributed by atoms with Crippen LogP contribution in [-0.4, -0.2) is 32.3 Å². The summed E-state index contributed by atoms with van der Waals surface area (Å²) < 4.78 is 8.00. The molecule has 2 fully saturated rings. The number of hydrogen-bond acceptors (Lipinski definition) is 6. The third-order valence-corrected chi connectivity index (χ3v) is 6.27. The number of nitrogens with one attached hydrogen (secondary N) is 1. The van der Waals surface area contributed by atoms with Gasteiger partial charge in [-0.3, -0.25) is 0 Å². The van der Waals surface area contributed by atoms with Crippen LogP contribution in [0.5, 0.6) is 11.5 Å². The van der Waals surface area contributed by atoms with E-state index in [0.717, 1.165) is 46.8 Å². The molecule has 3 heterocycles. The lowest BCUT2D eigenvalue weighted by molar-refractivity contribution is 0.328. The first-order valence-electron chi connectivity index (χ1n) is 10.3. The minimum Gasteiger partial charge on any atom is -0.457 e. The van der Waals surface area contributed by atoms with Crippen LogP contribution in [-0.2, 0) is 0 Å². The van der Waals surface area contributed by atoms with Gasteiger partial charge in [0.15, 0.2) is 5.65 Å². The average Bonchev–Trinajstić information content (AvgIpc) is 3.50. The molecular formula is C23H22N6O. The number of ether oxygens (including phenoxy) is 1. The minimum absolute atomic E-state index is 0.350. The van der Waals surface area contributed by atoms with Gasteiger partial charge in [-0.2, -0.15) is 5.10 Å². The number of nitrogens with two attached hydrogens (primary N) is 1. The number of piperidine rings is 1. The summed E-state index contributed by atoms with van der Waals surface area (Å²) in [5.74, 6) is 2.63. The first-order valence-corrected chi connectivity index (χ1v) is 10.3. The topological polar surface area (TPSA) is 90.9 Å². The zero-order valence-electron chi connectivity index (χ0n) is 16.4. The van der Waals surface area contributed by atoms with Gasteiger partial charge in [0.25, 0.3) is 0 Å². The van der Waals surface area contributed by atoms with Crippen molar-refractivity contribution in [1.29, 1.82) is 0 Å². The summed E-state index contributed by atoms with van der Waals surface area (Å²) >= 11 is 0. The molecule has 2 bridgehead atoms. The molecule has 1 aliphatic heterocycles. The number of aromatic nitrogens is 4. The van der Waals surface area contributed by atoms with Crippen molar-refractivity contribution in [1.82, 2.24) is 25.1 Å². The van der Waals surface area contributed by atoms with Gasteiger partial charge in [0, 0.05) is 18.2 Å². The van der Waals surface area contributed by atoms with Crippen molar-refractivity contribution in [2.75, 3.05) is 12.3 Å². The van der Waals surface area contributed by atoms with Crippen LogP contribution >= 0.6 is 0 Å². The van der Waals surface area contributed by atoms with Gasteiger partial charge in [0.1, 0.15) is 29.3 Å². The Morgan fingerprint density at radius 1 is 0.967 bits per heavy atom. The van der Waals surface area contributed by atoms with E-state index in [-0.39, 0.29) is 0 Å². The third kappa shape index (κ3) is 2.81. The van der Waals surface area contributed by atoms with Crippen molar-refractivity contribution in [2.24, 2.45) is 5.92 Å². The van der Waals surface area contributed by atoms with Crippen molar-refractivity contribution in [3.05, 3.63) is 60.9 Å². The second-order valence-electron chi connectivity index (χ2n) is 8.09. The summed E-state index contributed by atoms with van der Waals surface area (Å²) in [6.45, 7) is 1.04. The summed E-state index contributed by atoms with van der Waals surface area (Å²) in [6, 6.07) is 18.6. The fraction of sp³-hybridized carbons (Fsp3) is 0.261. The minimum atomic E-state index is 0.350. The lowest BCUT2D eigenvalue weighted by atomic mass is 10.0. The van der Waals surface area contributed by atoms with E-state index in [4.69, 9.17) is 15.6 Å². The molecule has 0 spiro atoms. The zero-order chi connectivity index (χ0) is 20.1. The summed E-state index contributed by atoms with van der Waals surface area (Å²) in [6.07, 6.45) is 3.81. The van der Waals surface area contributed by atoms with Crippen molar-refractivity contribution in [2.45, 2.75) is 24.9 Å². The van der Waals surface area contributed by atoms with Crippen LogP contribution in [0.4, 0.5) is 5.82 Å². The van der Waals surface area contributed by atoms with Gasteiger partial charge in [-0.05, 0) is 55.2 Å². The molecule has 3 atom stereocenters. The number of nitrogens with zero attached hydrogens (tertiary/aromatic N) is 4. The van der Waals surface area contributed by atoms with Gasteiger partial charge in [0.2, 0.25) is 0 Å². The van der Waals surface area contributed by atoms with Gasteiger partial charge >= 0.3 is 0 Å². The Kier molecular flexibility index (Phi) is 3.95. The Hall–Kier alpha value is -3.45. The van der Waals surface area contributed by atoms with Crippen LogP contribution in [0, 0.1) is 5.92 Å². The molecule has 7 heteroatoms. The Labute approximate surface area is 173 Å². The molecule has 2 aliphatic rings. The fourth-order valence-electron chi connectivity index (χ4n) is 4.84. The number of hydrogen-bond donors (Lipinski definition) is 2. The molecule has 1 aliphatic carbocycles. The summed E-state index contributed by atoms with van der Waals surface area (Å²) in [7, 11) is 0. The van der Waals surface area contributed by atoms with E-state index in [9.17, 15) is 0 Å². The number of nitrogen functional groups attached to an aromatic ring is 1. The quantitative estimate of drug-likeness (QED) is 0.543. The van der Waals surface area contributed by atoms with Crippen molar-refractivity contribution in [3.8, 4) is 22.8 Å². The standard InChI is InChI=1S/C23H22N6O/c24-22-20-21(14-6-8-18(9-7-14)30-17-4-2-1-3-5-17)28-29(23(20)27-13-26-22)19-11-16-10-15(19)12-25-16/h1-9,13,15-16,19,25H,10-12H2,(H2,24,26,27)/t15-,16-,19+/m0/s1. The third-order valence-electron chi connectivity index (χ3n) is 6.27. The van der Waals surface area contributed by atoms with Gasteiger partial charge in [0.05, 0.1) is 11.4 Å². The zero-order valence-corrected chi connectivity index (χ0v) is 16.4. The number of fused-ring (bicyclic) bond motifs is 3. The van der Waals surface area contributed by atoms with Crippen LogP contribution < -0.4 is 15.8 Å². The number of benzene rings is 2. The molecule has 2 aromatic carbocycles. The highest BCUT2D eigenvalue weighted by atomic mass is 16.5. The molecule has 0 amide bonds. The van der Waals surface area contributed by atoms with Crippen LogP contribution in [0.15, 0.2) is 60.9 Å². The molecule has 3 N–H and O–H groups in total. The predicted molar refractivity (Wildman–Crippen MR) is 115 cm³/mol. The molecule has 30 heavy (non-hydrogen) atoms. The molecule has 0 unspecified atom stereocenters. The van der Waals surface area contributed by atoms with E-state index in [1.54, 1.807) is 0 Å². The van der Waals surface area contributed by atoms with Gasteiger partial charge in [-0.1, -0.05) is 18.2 Å². The lowest BCUT2D eigenvalue weighted by Crippen LogP contribution is -2.31. The van der Waals surface area contributed by atoms with Crippen LogP contribution in [0.1, 0.15) is 18.9 Å². The van der Waals surface area contributed by atoms with Crippen LogP contribution in [0.3, 0.4) is 0 Å². The van der Waals surface area contributed by atoms with Gasteiger partial charge in [-0.15, -0.1) is 0 Å². The second-order valence-corrected chi connectivity index (χ2v) is 8.09. The van der Waals surface area contributed by atoms with Crippen LogP contribution in [0.25, 0.3) is 22.3 Å². The van der Waals surface area contributed by atoms with E-state index in [2.05, 4.69) is 20.0 Å². The number of anilines is 1. The first kappa shape index (κ1) is 17.4. The van der Waals surface area contributed by atoms with Crippen LogP contribution in [0.2, 0.25) is 0 Å². The van der Waals surface area contributed by atoms with Crippen molar-refractivity contribution < 1.29 is 4.74 Å². The molecular weight excluding hydrogens is 376 g/mol. The first-order chi connectivity index (χ1) is 14.8. The van der Waals surface area contributed by atoms with E-state index >= 15 is 0 Å². The fourth-order valence-corrected chi connectivity index (χ4v) is 4.84. The monoisotopic (exact) mass is 398 g/mol. The number of para-hydroxylation sites is 1. The maximum Gasteiger partial charge on any atom is 0.164 e. The normalized spacial score (nSPS) is 22.6. The largest absolute Gasteiger partial charge is 0.457 e. The maximum atomic E-state index is 6.27. The van der Waals surface area contributed by atoms with E-state index in [0.29, 0.717) is 23.8 Å².